The molecule has 0 bridgehead atoms. The molecule has 1 aliphatic rings. The normalized spacial score (nSPS) is 17.9. The molecule has 0 fully saturated rings. The lowest BCUT2D eigenvalue weighted by molar-refractivity contribution is -0.139. The maximum absolute atomic E-state index is 12.5. The second-order valence-corrected chi connectivity index (χ2v) is 6.89. The van der Waals surface area contributed by atoms with Crippen molar-refractivity contribution in [1.29, 1.82) is 0 Å². The Hall–Kier alpha value is -1.17. The summed E-state index contributed by atoms with van der Waals surface area (Å²) in [5, 5.41) is 3.44. The molecule has 0 spiro atoms. The van der Waals surface area contributed by atoms with Crippen molar-refractivity contribution in [3.63, 3.8) is 0 Å². The molecular weight excluding hydrogens is 357 g/mol. The summed E-state index contributed by atoms with van der Waals surface area (Å²) in [5.41, 5.74) is 1.58. The number of nitrogens with one attached hydrogen (secondary N) is 1. The van der Waals surface area contributed by atoms with Gasteiger partial charge in [-0.15, -0.1) is 0 Å². The molecule has 0 saturated heterocycles. The summed E-state index contributed by atoms with van der Waals surface area (Å²) < 4.78 is 5.30. The third kappa shape index (κ3) is 4.22. The standard InChI is InChI=1S/C16H17Cl2NO3S/c1-9-14(16(21)22-6-7-23-2)11(8-13(20)19-9)10-4-3-5-12(17)15(10)18/h3-5,11H,6-8H2,1-2H3,(H,19,20)/t11-/m1/s1. The number of esters is 1. The second-order valence-electron chi connectivity index (χ2n) is 5.12. The van der Waals surface area contributed by atoms with Gasteiger partial charge in [-0.3, -0.25) is 4.79 Å². The smallest absolute Gasteiger partial charge is 0.336 e. The van der Waals surface area contributed by atoms with E-state index in [9.17, 15) is 9.59 Å². The maximum atomic E-state index is 12.5. The lowest BCUT2D eigenvalue weighted by Crippen LogP contribution is -2.34. The minimum Gasteiger partial charge on any atom is -0.461 e. The van der Waals surface area contributed by atoms with Crippen LogP contribution in [0.4, 0.5) is 0 Å². The number of ether oxygens (including phenoxy) is 1. The Labute approximate surface area is 149 Å². The van der Waals surface area contributed by atoms with Gasteiger partial charge in [0.15, 0.2) is 0 Å². The van der Waals surface area contributed by atoms with Crippen LogP contribution in [0, 0.1) is 0 Å². The van der Waals surface area contributed by atoms with Gasteiger partial charge in [-0.05, 0) is 24.8 Å². The number of thioether (sulfide) groups is 1. The summed E-state index contributed by atoms with van der Waals surface area (Å²) in [7, 11) is 0. The summed E-state index contributed by atoms with van der Waals surface area (Å²) in [6.07, 6.45) is 2.07. The molecule has 1 amide bonds. The fourth-order valence-corrected chi connectivity index (χ4v) is 3.21. The van der Waals surface area contributed by atoms with Crippen LogP contribution >= 0.6 is 35.0 Å². The fraction of sp³-hybridized carbons (Fsp3) is 0.375. The van der Waals surface area contributed by atoms with Gasteiger partial charge in [-0.1, -0.05) is 35.3 Å². The van der Waals surface area contributed by atoms with E-state index in [2.05, 4.69) is 5.32 Å². The minimum absolute atomic E-state index is 0.129. The first-order valence-corrected chi connectivity index (χ1v) is 9.21. The van der Waals surface area contributed by atoms with Crippen molar-refractivity contribution in [2.45, 2.75) is 19.3 Å². The van der Waals surface area contributed by atoms with Crippen molar-refractivity contribution in [3.8, 4) is 0 Å². The van der Waals surface area contributed by atoms with Gasteiger partial charge in [-0.25, -0.2) is 4.79 Å². The molecule has 2 rings (SSSR count). The third-order valence-corrected chi connectivity index (χ3v) is 4.97. The van der Waals surface area contributed by atoms with Gasteiger partial charge in [0, 0.05) is 23.8 Å². The molecule has 1 N–H and O–H groups in total. The van der Waals surface area contributed by atoms with Crippen LogP contribution in [-0.2, 0) is 14.3 Å². The number of hydrogen-bond acceptors (Lipinski definition) is 4. The Morgan fingerprint density at radius 1 is 1.43 bits per heavy atom. The summed E-state index contributed by atoms with van der Waals surface area (Å²) in [6, 6.07) is 5.20. The van der Waals surface area contributed by atoms with Crippen molar-refractivity contribution in [1.82, 2.24) is 5.32 Å². The number of halogens is 2. The number of rotatable bonds is 5. The van der Waals surface area contributed by atoms with E-state index in [0.717, 1.165) is 0 Å². The van der Waals surface area contributed by atoms with E-state index in [1.165, 1.54) is 0 Å². The van der Waals surface area contributed by atoms with E-state index in [1.54, 1.807) is 36.9 Å². The monoisotopic (exact) mass is 373 g/mol. The van der Waals surface area contributed by atoms with Gasteiger partial charge in [0.25, 0.3) is 0 Å². The number of benzene rings is 1. The van der Waals surface area contributed by atoms with Gasteiger partial charge in [-0.2, -0.15) is 11.8 Å². The summed E-state index contributed by atoms with van der Waals surface area (Å²) in [4.78, 5) is 24.4. The Bertz CT molecular complexity index is 661. The highest BCUT2D eigenvalue weighted by atomic mass is 35.5. The van der Waals surface area contributed by atoms with E-state index in [-0.39, 0.29) is 12.3 Å². The second kappa shape index (κ2) is 8.08. The van der Waals surface area contributed by atoms with Crippen LogP contribution in [0.3, 0.4) is 0 Å². The van der Waals surface area contributed by atoms with Crippen LogP contribution in [0.1, 0.15) is 24.8 Å². The van der Waals surface area contributed by atoms with E-state index >= 15 is 0 Å². The molecule has 0 saturated carbocycles. The molecular formula is C16H17Cl2NO3S. The van der Waals surface area contributed by atoms with E-state index in [0.29, 0.717) is 39.2 Å². The Kier molecular flexibility index (Phi) is 6.39. The molecule has 7 heteroatoms. The predicted molar refractivity (Wildman–Crippen MR) is 94.0 cm³/mol. The summed E-state index contributed by atoms with van der Waals surface area (Å²) >= 11 is 13.9. The van der Waals surface area contributed by atoms with Crippen LogP contribution in [0.25, 0.3) is 0 Å². The molecule has 1 aromatic carbocycles. The van der Waals surface area contributed by atoms with Crippen LogP contribution in [0.2, 0.25) is 10.0 Å². The van der Waals surface area contributed by atoms with Gasteiger partial charge >= 0.3 is 5.97 Å². The molecule has 0 aromatic heterocycles. The molecule has 0 radical (unpaired) electrons. The van der Waals surface area contributed by atoms with Crippen LogP contribution in [0.5, 0.6) is 0 Å². The summed E-state index contributed by atoms with van der Waals surface area (Å²) in [6.45, 7) is 2.01. The van der Waals surface area contributed by atoms with Crippen molar-refractivity contribution in [2.24, 2.45) is 0 Å². The van der Waals surface area contributed by atoms with Crippen molar-refractivity contribution in [3.05, 3.63) is 45.1 Å². The first-order chi connectivity index (χ1) is 11.0. The van der Waals surface area contributed by atoms with Crippen molar-refractivity contribution < 1.29 is 14.3 Å². The van der Waals surface area contributed by atoms with Crippen LogP contribution in [-0.4, -0.2) is 30.5 Å². The quantitative estimate of drug-likeness (QED) is 0.630. The lowest BCUT2D eigenvalue weighted by atomic mass is 9.84. The van der Waals surface area contributed by atoms with Gasteiger partial charge in [0.1, 0.15) is 6.61 Å². The fourth-order valence-electron chi connectivity index (χ4n) is 2.52. The van der Waals surface area contributed by atoms with Crippen LogP contribution < -0.4 is 5.32 Å². The summed E-state index contributed by atoms with van der Waals surface area (Å²) in [5.74, 6) is -0.342. The average molecular weight is 374 g/mol. The molecule has 124 valence electrons. The topological polar surface area (TPSA) is 55.4 Å². The first-order valence-electron chi connectivity index (χ1n) is 7.06. The Balaban J connectivity index is 2.38. The van der Waals surface area contributed by atoms with E-state index in [4.69, 9.17) is 27.9 Å². The zero-order chi connectivity index (χ0) is 17.0. The maximum Gasteiger partial charge on any atom is 0.336 e. The first kappa shape index (κ1) is 18.2. The van der Waals surface area contributed by atoms with Crippen LogP contribution in [0.15, 0.2) is 29.5 Å². The minimum atomic E-state index is -0.461. The molecule has 1 aromatic rings. The number of carbonyl (C=O) groups excluding carboxylic acids is 2. The predicted octanol–water partition coefficient (Wildman–Crippen LogP) is 3.78. The zero-order valence-corrected chi connectivity index (χ0v) is 15.1. The highest BCUT2D eigenvalue weighted by Gasteiger charge is 2.34. The largest absolute Gasteiger partial charge is 0.461 e. The zero-order valence-electron chi connectivity index (χ0n) is 12.8. The molecule has 1 atom stereocenters. The number of hydrogen-bond donors (Lipinski definition) is 1. The van der Waals surface area contributed by atoms with Crippen molar-refractivity contribution in [2.75, 3.05) is 18.6 Å². The SMILES string of the molecule is CSCCOC(=O)C1=C(C)NC(=O)C[C@@H]1c1cccc(Cl)c1Cl. The average Bonchev–Trinajstić information content (AvgIpc) is 2.49. The van der Waals surface area contributed by atoms with Crippen molar-refractivity contribution >= 4 is 46.8 Å². The van der Waals surface area contributed by atoms with Gasteiger partial charge in [0.05, 0.1) is 15.6 Å². The number of allylic oxidation sites excluding steroid dienone is 1. The Morgan fingerprint density at radius 3 is 2.87 bits per heavy atom. The Morgan fingerprint density at radius 2 is 2.17 bits per heavy atom. The van der Waals surface area contributed by atoms with Gasteiger partial charge < -0.3 is 10.1 Å². The molecule has 1 aliphatic heterocycles. The highest BCUT2D eigenvalue weighted by Crippen LogP contribution is 2.39. The number of carbonyl (C=O) groups is 2. The molecule has 0 unspecified atom stereocenters. The number of amides is 1. The molecule has 1 heterocycles. The molecule has 4 nitrogen and oxygen atoms in total. The van der Waals surface area contributed by atoms with E-state index in [1.807, 2.05) is 6.26 Å². The third-order valence-electron chi connectivity index (χ3n) is 3.57. The lowest BCUT2D eigenvalue weighted by Gasteiger charge is -2.27. The van der Waals surface area contributed by atoms with E-state index < -0.39 is 11.9 Å². The molecule has 23 heavy (non-hydrogen) atoms. The highest BCUT2D eigenvalue weighted by molar-refractivity contribution is 7.98. The van der Waals surface area contributed by atoms with Gasteiger partial charge in [0.2, 0.25) is 5.91 Å². The molecule has 0 aliphatic carbocycles.